The van der Waals surface area contributed by atoms with E-state index in [4.69, 9.17) is 14.7 Å². The van der Waals surface area contributed by atoms with Gasteiger partial charge in [-0.15, -0.1) is 0 Å². The normalized spacial score (nSPS) is 9.94. The summed E-state index contributed by atoms with van der Waals surface area (Å²) in [5.41, 5.74) is 1.20. The molecule has 94 valence electrons. The summed E-state index contributed by atoms with van der Waals surface area (Å²) in [4.78, 5) is 0. The first-order chi connectivity index (χ1) is 8.08. The van der Waals surface area contributed by atoms with Crippen molar-refractivity contribution in [1.82, 2.24) is 10.3 Å². The summed E-state index contributed by atoms with van der Waals surface area (Å²) in [6, 6.07) is 1.69. The van der Waals surface area contributed by atoms with Gasteiger partial charge in [0.05, 0.1) is 16.8 Å². The molecule has 2 aromatic rings. The molecule has 2 N–H and O–H groups in total. The summed E-state index contributed by atoms with van der Waals surface area (Å²) in [6.45, 7) is 3.51. The van der Waals surface area contributed by atoms with Crippen molar-refractivity contribution in [2.45, 2.75) is 27.1 Å². The molecule has 0 saturated heterocycles. The maximum absolute atomic E-state index is 8.60. The first-order valence-corrected chi connectivity index (χ1v) is 5.91. The first-order valence-electron chi connectivity index (χ1n) is 4.83. The van der Waals surface area contributed by atoms with E-state index < -0.39 is 0 Å². The third kappa shape index (κ3) is 4.10. The van der Waals surface area contributed by atoms with Crippen molar-refractivity contribution in [3.63, 3.8) is 0 Å². The first kappa shape index (κ1) is 14.1. The Balaban J connectivity index is 0.000000171. The van der Waals surface area contributed by atoms with Crippen molar-refractivity contribution in [2.24, 2.45) is 0 Å². The lowest BCUT2D eigenvalue weighted by Gasteiger charge is -1.83. The predicted octanol–water partition coefficient (Wildman–Crippen LogP) is 1.56. The third-order valence-corrected chi connectivity index (χ3v) is 3.23. The zero-order valence-corrected chi connectivity index (χ0v) is 11.6. The minimum Gasteiger partial charge on any atom is -0.390 e. The highest BCUT2D eigenvalue weighted by Gasteiger charge is 2.06. The van der Waals surface area contributed by atoms with Gasteiger partial charge >= 0.3 is 0 Å². The molecular formula is C10H13IN2O4. The van der Waals surface area contributed by atoms with Crippen molar-refractivity contribution in [3.8, 4) is 0 Å². The van der Waals surface area contributed by atoms with Crippen LogP contribution in [-0.2, 0) is 13.2 Å². The zero-order valence-electron chi connectivity index (χ0n) is 9.47. The van der Waals surface area contributed by atoms with E-state index in [0.29, 0.717) is 11.4 Å². The molecule has 0 unspecified atom stereocenters. The van der Waals surface area contributed by atoms with Crippen LogP contribution >= 0.6 is 22.6 Å². The second-order valence-electron chi connectivity index (χ2n) is 3.24. The molecule has 0 radical (unpaired) electrons. The molecule has 2 heterocycles. The minimum atomic E-state index is -0.0460. The van der Waals surface area contributed by atoms with E-state index in [-0.39, 0.29) is 13.2 Å². The average molecular weight is 352 g/mol. The predicted molar refractivity (Wildman–Crippen MR) is 67.0 cm³/mol. The van der Waals surface area contributed by atoms with Gasteiger partial charge in [0, 0.05) is 6.07 Å². The minimum absolute atomic E-state index is 0.0443. The second kappa shape index (κ2) is 6.72. The van der Waals surface area contributed by atoms with Crippen molar-refractivity contribution in [2.75, 3.05) is 0 Å². The Labute approximate surface area is 112 Å². The Kier molecular flexibility index (Phi) is 5.59. The number of hydrogen-bond donors (Lipinski definition) is 2. The van der Waals surface area contributed by atoms with Crippen LogP contribution in [0.4, 0.5) is 0 Å². The molecule has 0 bridgehead atoms. The number of aryl methyl sites for hydroxylation is 2. The molecule has 7 heteroatoms. The van der Waals surface area contributed by atoms with Crippen molar-refractivity contribution < 1.29 is 19.3 Å². The number of aliphatic hydroxyl groups is 2. The Morgan fingerprint density at radius 2 is 1.88 bits per heavy atom. The molecule has 6 nitrogen and oxygen atoms in total. The number of rotatable bonds is 2. The van der Waals surface area contributed by atoms with Gasteiger partial charge in [0.1, 0.15) is 22.9 Å². The monoisotopic (exact) mass is 352 g/mol. The van der Waals surface area contributed by atoms with Gasteiger partial charge in [0.15, 0.2) is 0 Å². The molecule has 0 aromatic carbocycles. The number of halogens is 1. The number of aliphatic hydroxyl groups excluding tert-OH is 2. The summed E-state index contributed by atoms with van der Waals surface area (Å²) in [5.74, 6) is 1.49. The summed E-state index contributed by atoms with van der Waals surface area (Å²) in [7, 11) is 0. The van der Waals surface area contributed by atoms with Gasteiger partial charge in [-0.1, -0.05) is 10.3 Å². The summed E-state index contributed by atoms with van der Waals surface area (Å²) in [5, 5.41) is 24.1. The van der Waals surface area contributed by atoms with Crippen LogP contribution in [0, 0.1) is 17.4 Å². The highest BCUT2D eigenvalue weighted by molar-refractivity contribution is 14.1. The number of aromatic nitrogens is 2. The zero-order chi connectivity index (χ0) is 12.8. The lowest BCUT2D eigenvalue weighted by Crippen LogP contribution is -1.84. The summed E-state index contributed by atoms with van der Waals surface area (Å²) >= 11 is 2.08. The fourth-order valence-electron chi connectivity index (χ4n) is 0.998. The van der Waals surface area contributed by atoms with Crippen LogP contribution in [0.25, 0.3) is 0 Å². The smallest absolute Gasteiger partial charge is 0.147 e. The van der Waals surface area contributed by atoms with E-state index in [1.54, 1.807) is 13.0 Å². The van der Waals surface area contributed by atoms with E-state index in [1.165, 1.54) is 0 Å². The van der Waals surface area contributed by atoms with E-state index >= 15 is 0 Å². The van der Waals surface area contributed by atoms with E-state index in [1.807, 2.05) is 6.92 Å². The molecular weight excluding hydrogens is 339 g/mol. The van der Waals surface area contributed by atoms with Crippen LogP contribution in [0.15, 0.2) is 15.1 Å². The van der Waals surface area contributed by atoms with Crippen LogP contribution in [0.5, 0.6) is 0 Å². The van der Waals surface area contributed by atoms with Crippen LogP contribution in [0.3, 0.4) is 0 Å². The SMILES string of the molecule is Cc1cc(CO)no1.Cc1onc(CO)c1I. The van der Waals surface area contributed by atoms with Gasteiger partial charge in [-0.05, 0) is 36.4 Å². The maximum atomic E-state index is 8.60. The molecule has 0 spiro atoms. The standard InChI is InChI=1S/C5H6INO2.C5H7NO2/c1-3-5(6)4(2-8)7-9-3;1-4-2-5(3-7)6-8-4/h8H,2H2,1H3;2,7H,3H2,1H3. The highest BCUT2D eigenvalue weighted by Crippen LogP contribution is 2.14. The fourth-order valence-corrected chi connectivity index (χ4v) is 1.37. The Bertz CT molecular complexity index is 467. The van der Waals surface area contributed by atoms with Crippen molar-refractivity contribution in [3.05, 3.63) is 32.5 Å². The quantitative estimate of drug-likeness (QED) is 0.797. The van der Waals surface area contributed by atoms with Crippen molar-refractivity contribution >= 4 is 22.6 Å². The van der Waals surface area contributed by atoms with Gasteiger partial charge in [-0.3, -0.25) is 0 Å². The maximum Gasteiger partial charge on any atom is 0.147 e. The van der Waals surface area contributed by atoms with E-state index in [0.717, 1.165) is 15.1 Å². The molecule has 0 saturated carbocycles. The van der Waals surface area contributed by atoms with Crippen LogP contribution < -0.4 is 0 Å². The molecule has 0 fully saturated rings. The van der Waals surface area contributed by atoms with Gasteiger partial charge in [-0.25, -0.2) is 0 Å². The Morgan fingerprint density at radius 3 is 2.12 bits per heavy atom. The Hall–Kier alpha value is -0.930. The summed E-state index contributed by atoms with van der Waals surface area (Å²) < 4.78 is 10.3. The average Bonchev–Trinajstić information content (AvgIpc) is 2.88. The van der Waals surface area contributed by atoms with Crippen molar-refractivity contribution in [1.29, 1.82) is 0 Å². The van der Waals surface area contributed by atoms with Crippen LogP contribution in [0.1, 0.15) is 22.9 Å². The highest BCUT2D eigenvalue weighted by atomic mass is 127. The molecule has 0 amide bonds. The topological polar surface area (TPSA) is 92.5 Å². The molecule has 0 atom stereocenters. The molecule has 2 aromatic heterocycles. The third-order valence-electron chi connectivity index (χ3n) is 1.84. The van der Waals surface area contributed by atoms with E-state index in [9.17, 15) is 0 Å². The number of hydrogen-bond acceptors (Lipinski definition) is 6. The van der Waals surface area contributed by atoms with Crippen LogP contribution in [-0.4, -0.2) is 20.5 Å². The van der Waals surface area contributed by atoms with Crippen LogP contribution in [0.2, 0.25) is 0 Å². The molecule has 2 rings (SSSR count). The molecule has 0 aliphatic heterocycles. The molecule has 17 heavy (non-hydrogen) atoms. The van der Waals surface area contributed by atoms with E-state index in [2.05, 4.69) is 37.4 Å². The largest absolute Gasteiger partial charge is 0.390 e. The van der Waals surface area contributed by atoms with Gasteiger partial charge < -0.3 is 19.3 Å². The number of nitrogens with zero attached hydrogens (tertiary/aromatic N) is 2. The van der Waals surface area contributed by atoms with Gasteiger partial charge in [-0.2, -0.15) is 0 Å². The summed E-state index contributed by atoms with van der Waals surface area (Å²) in [6.07, 6.45) is 0. The molecule has 0 aliphatic rings. The second-order valence-corrected chi connectivity index (χ2v) is 4.32. The Morgan fingerprint density at radius 1 is 1.18 bits per heavy atom. The molecule has 0 aliphatic carbocycles. The fraction of sp³-hybridized carbons (Fsp3) is 0.400. The lowest BCUT2D eigenvalue weighted by atomic mass is 10.4. The van der Waals surface area contributed by atoms with Gasteiger partial charge in [0.25, 0.3) is 0 Å². The lowest BCUT2D eigenvalue weighted by molar-refractivity contribution is 0.265. The van der Waals surface area contributed by atoms with Gasteiger partial charge in [0.2, 0.25) is 0 Å².